The van der Waals surface area contributed by atoms with Crippen molar-refractivity contribution in [2.24, 2.45) is 0 Å². The summed E-state index contributed by atoms with van der Waals surface area (Å²) in [5.74, 6) is -0.223. The third kappa shape index (κ3) is 2.78. The smallest absolute Gasteiger partial charge is 0.276 e. The van der Waals surface area contributed by atoms with Gasteiger partial charge in [0.2, 0.25) is 0 Å². The van der Waals surface area contributed by atoms with Crippen molar-refractivity contribution in [3.8, 4) is 11.4 Å². The number of para-hydroxylation sites is 1. The van der Waals surface area contributed by atoms with Crippen molar-refractivity contribution >= 4 is 11.6 Å². The quantitative estimate of drug-likeness (QED) is 0.719. The van der Waals surface area contributed by atoms with Gasteiger partial charge in [-0.25, -0.2) is 4.68 Å². The Hall–Kier alpha value is -3.08. The molecule has 0 aliphatic heterocycles. The fourth-order valence-corrected chi connectivity index (χ4v) is 3.33. The van der Waals surface area contributed by atoms with E-state index in [1.165, 1.54) is 0 Å². The molecule has 2 aromatic carbocycles. The van der Waals surface area contributed by atoms with Gasteiger partial charge in [-0.2, -0.15) is 5.10 Å². The van der Waals surface area contributed by atoms with E-state index in [1.807, 2.05) is 48.0 Å². The topological polar surface area (TPSA) is 67.2 Å². The second-order valence-corrected chi connectivity index (χ2v) is 6.35. The number of hydrogen-bond donors (Lipinski definition) is 2. The summed E-state index contributed by atoms with van der Waals surface area (Å²) in [6.45, 7) is 1.89. The lowest BCUT2D eigenvalue weighted by Gasteiger charge is -2.07. The highest BCUT2D eigenvalue weighted by atomic mass is 16.3. The minimum atomic E-state index is -0.285. The molecule has 0 atom stereocenters. The molecular formula is C20H19N3O2. The molecule has 0 spiro atoms. The van der Waals surface area contributed by atoms with Crippen molar-refractivity contribution in [3.05, 3.63) is 71.0 Å². The number of benzene rings is 2. The number of hydrogen-bond acceptors (Lipinski definition) is 3. The average Bonchev–Trinajstić information content (AvgIpc) is 3.20. The van der Waals surface area contributed by atoms with Crippen LogP contribution in [-0.4, -0.2) is 20.8 Å². The van der Waals surface area contributed by atoms with E-state index >= 15 is 0 Å². The minimum Gasteiger partial charge on any atom is -0.506 e. The standard InChI is InChI=1S/C20H19N3O2/c1-13-10-11-16(18(24)12-13)21-20(25)19-15-8-5-9-17(15)23(22-19)14-6-3-2-4-7-14/h2-4,6-7,10-12,24H,5,8-9H2,1H3,(H,21,25). The van der Waals surface area contributed by atoms with E-state index in [-0.39, 0.29) is 11.7 Å². The minimum absolute atomic E-state index is 0.0625. The third-order valence-corrected chi connectivity index (χ3v) is 4.55. The summed E-state index contributed by atoms with van der Waals surface area (Å²) >= 11 is 0. The van der Waals surface area contributed by atoms with Crippen LogP contribution in [0.2, 0.25) is 0 Å². The van der Waals surface area contributed by atoms with E-state index in [9.17, 15) is 9.90 Å². The molecule has 5 nitrogen and oxygen atoms in total. The van der Waals surface area contributed by atoms with Crippen LogP contribution in [0.25, 0.3) is 5.69 Å². The number of rotatable bonds is 3. The van der Waals surface area contributed by atoms with Crippen molar-refractivity contribution in [3.63, 3.8) is 0 Å². The first-order valence-electron chi connectivity index (χ1n) is 8.40. The second kappa shape index (κ2) is 6.09. The van der Waals surface area contributed by atoms with Crippen LogP contribution < -0.4 is 5.32 Å². The summed E-state index contributed by atoms with van der Waals surface area (Å²) in [6, 6.07) is 15.0. The molecule has 1 aromatic heterocycles. The molecule has 2 N–H and O–H groups in total. The van der Waals surface area contributed by atoms with Gasteiger partial charge in [-0.15, -0.1) is 0 Å². The molecule has 1 aliphatic carbocycles. The summed E-state index contributed by atoms with van der Waals surface area (Å²) in [4.78, 5) is 12.8. The van der Waals surface area contributed by atoms with Gasteiger partial charge in [0.15, 0.2) is 5.69 Å². The molecule has 0 radical (unpaired) electrons. The summed E-state index contributed by atoms with van der Waals surface area (Å²) in [5, 5.41) is 17.4. The molecule has 0 unspecified atom stereocenters. The molecule has 25 heavy (non-hydrogen) atoms. The Morgan fingerprint density at radius 1 is 1.16 bits per heavy atom. The zero-order valence-corrected chi connectivity index (χ0v) is 14.0. The summed E-state index contributed by atoms with van der Waals surface area (Å²) in [6.07, 6.45) is 2.79. The van der Waals surface area contributed by atoms with Crippen LogP contribution in [0.1, 0.15) is 33.7 Å². The number of anilines is 1. The van der Waals surface area contributed by atoms with E-state index in [1.54, 1.807) is 12.1 Å². The van der Waals surface area contributed by atoms with Crippen LogP contribution in [0.3, 0.4) is 0 Å². The molecular weight excluding hydrogens is 314 g/mol. The van der Waals surface area contributed by atoms with E-state index in [4.69, 9.17) is 0 Å². The monoisotopic (exact) mass is 333 g/mol. The number of carbonyl (C=O) groups excluding carboxylic acids is 1. The fraction of sp³-hybridized carbons (Fsp3) is 0.200. The first-order valence-corrected chi connectivity index (χ1v) is 8.40. The maximum absolute atomic E-state index is 12.8. The maximum atomic E-state index is 12.8. The number of carbonyl (C=O) groups is 1. The molecule has 1 aliphatic rings. The molecule has 0 saturated heterocycles. The first-order chi connectivity index (χ1) is 12.1. The molecule has 3 aromatic rings. The first kappa shape index (κ1) is 15.4. The Labute approximate surface area is 145 Å². The normalized spacial score (nSPS) is 12.8. The lowest BCUT2D eigenvalue weighted by atomic mass is 10.1. The predicted octanol–water partition coefficient (Wildman–Crippen LogP) is 3.63. The predicted molar refractivity (Wildman–Crippen MR) is 96.4 cm³/mol. The van der Waals surface area contributed by atoms with Crippen molar-refractivity contribution in [2.45, 2.75) is 26.2 Å². The number of aryl methyl sites for hydroxylation is 1. The van der Waals surface area contributed by atoms with E-state index in [2.05, 4.69) is 10.4 Å². The second-order valence-electron chi connectivity index (χ2n) is 6.35. The third-order valence-electron chi connectivity index (χ3n) is 4.55. The van der Waals surface area contributed by atoms with Gasteiger partial charge in [0.05, 0.1) is 11.4 Å². The fourth-order valence-electron chi connectivity index (χ4n) is 3.33. The summed E-state index contributed by atoms with van der Waals surface area (Å²) in [5.41, 5.74) is 4.84. The maximum Gasteiger partial charge on any atom is 0.276 e. The highest BCUT2D eigenvalue weighted by Gasteiger charge is 2.27. The number of nitrogens with zero attached hydrogens (tertiary/aromatic N) is 2. The largest absolute Gasteiger partial charge is 0.506 e. The van der Waals surface area contributed by atoms with Gasteiger partial charge in [-0.1, -0.05) is 24.3 Å². The SMILES string of the molecule is Cc1ccc(NC(=O)c2nn(-c3ccccc3)c3c2CCC3)c(O)c1. The summed E-state index contributed by atoms with van der Waals surface area (Å²) < 4.78 is 1.87. The van der Waals surface area contributed by atoms with Gasteiger partial charge in [0, 0.05) is 11.3 Å². The number of phenols is 1. The Bertz CT molecular complexity index is 945. The van der Waals surface area contributed by atoms with Crippen molar-refractivity contribution in [1.82, 2.24) is 9.78 Å². The van der Waals surface area contributed by atoms with E-state index in [0.717, 1.165) is 41.8 Å². The zero-order chi connectivity index (χ0) is 17.4. The molecule has 0 fully saturated rings. The molecule has 1 heterocycles. The molecule has 126 valence electrons. The number of aromatic hydroxyl groups is 1. The van der Waals surface area contributed by atoms with Crippen LogP contribution in [0, 0.1) is 6.92 Å². The van der Waals surface area contributed by atoms with E-state index in [0.29, 0.717) is 11.4 Å². The van der Waals surface area contributed by atoms with Crippen LogP contribution in [0.4, 0.5) is 5.69 Å². The Morgan fingerprint density at radius 2 is 1.96 bits per heavy atom. The van der Waals surface area contributed by atoms with Gasteiger partial charge in [-0.05, 0) is 56.0 Å². The average molecular weight is 333 g/mol. The van der Waals surface area contributed by atoms with Crippen LogP contribution in [0.5, 0.6) is 5.75 Å². The van der Waals surface area contributed by atoms with Crippen molar-refractivity contribution in [2.75, 3.05) is 5.32 Å². The Morgan fingerprint density at radius 3 is 2.72 bits per heavy atom. The van der Waals surface area contributed by atoms with E-state index < -0.39 is 0 Å². The highest BCUT2D eigenvalue weighted by molar-refractivity contribution is 6.05. The summed E-state index contributed by atoms with van der Waals surface area (Å²) in [7, 11) is 0. The van der Waals surface area contributed by atoms with Gasteiger partial charge in [-0.3, -0.25) is 4.79 Å². The van der Waals surface area contributed by atoms with Crippen molar-refractivity contribution in [1.29, 1.82) is 0 Å². The highest BCUT2D eigenvalue weighted by Crippen LogP contribution is 2.29. The lowest BCUT2D eigenvalue weighted by Crippen LogP contribution is -2.15. The number of phenolic OH excluding ortho intramolecular Hbond substituents is 1. The number of amides is 1. The van der Waals surface area contributed by atoms with Crippen LogP contribution in [-0.2, 0) is 12.8 Å². The lowest BCUT2D eigenvalue weighted by molar-refractivity contribution is 0.102. The van der Waals surface area contributed by atoms with Gasteiger partial charge >= 0.3 is 0 Å². The van der Waals surface area contributed by atoms with Crippen LogP contribution >= 0.6 is 0 Å². The Kier molecular flexibility index (Phi) is 3.76. The van der Waals surface area contributed by atoms with Gasteiger partial charge < -0.3 is 10.4 Å². The zero-order valence-electron chi connectivity index (χ0n) is 14.0. The number of fused-ring (bicyclic) bond motifs is 1. The van der Waals surface area contributed by atoms with Crippen molar-refractivity contribution < 1.29 is 9.90 Å². The molecule has 0 saturated carbocycles. The molecule has 0 bridgehead atoms. The molecule has 4 rings (SSSR count). The van der Waals surface area contributed by atoms with Gasteiger partial charge in [0.25, 0.3) is 5.91 Å². The molecule has 1 amide bonds. The van der Waals surface area contributed by atoms with Gasteiger partial charge in [0.1, 0.15) is 5.75 Å². The van der Waals surface area contributed by atoms with Crippen LogP contribution in [0.15, 0.2) is 48.5 Å². The number of aromatic nitrogens is 2. The number of nitrogens with one attached hydrogen (secondary N) is 1. The Balaban J connectivity index is 1.70. The molecule has 5 heteroatoms.